The van der Waals surface area contributed by atoms with Gasteiger partial charge in [0.25, 0.3) is 0 Å². The summed E-state index contributed by atoms with van der Waals surface area (Å²) in [6.45, 7) is 2.01. The molecule has 0 aliphatic rings. The van der Waals surface area contributed by atoms with Crippen LogP contribution in [0.15, 0.2) is 47.1 Å². The lowest BCUT2D eigenvalue weighted by atomic mass is 10.3. The van der Waals surface area contributed by atoms with Gasteiger partial charge in [-0.15, -0.1) is 0 Å². The number of anilines is 2. The van der Waals surface area contributed by atoms with E-state index in [0.717, 1.165) is 21.5 Å². The number of pyridine rings is 1. The highest BCUT2D eigenvalue weighted by atomic mass is 79.9. The van der Waals surface area contributed by atoms with Gasteiger partial charge in [-0.1, -0.05) is 15.9 Å². The quantitative estimate of drug-likeness (QED) is 0.821. The van der Waals surface area contributed by atoms with Crippen molar-refractivity contribution in [3.8, 4) is 0 Å². The molecule has 0 unspecified atom stereocenters. The maximum absolute atomic E-state index is 5.22. The Labute approximate surface area is 120 Å². The summed E-state index contributed by atoms with van der Waals surface area (Å²) in [5, 5.41) is 6.66. The molecule has 0 radical (unpaired) electrons. The van der Waals surface area contributed by atoms with Crippen LogP contribution in [0.3, 0.4) is 0 Å². The highest BCUT2D eigenvalue weighted by Gasteiger charge is 2.00. The molecule has 2 N–H and O–H groups in total. The Morgan fingerprint density at radius 3 is 2.56 bits per heavy atom. The third-order valence-electron chi connectivity index (χ3n) is 2.26. The van der Waals surface area contributed by atoms with Crippen molar-refractivity contribution in [3.63, 3.8) is 0 Å². The monoisotopic (exact) mass is 321 g/mol. The van der Waals surface area contributed by atoms with Crippen LogP contribution in [0.5, 0.6) is 0 Å². The largest absolute Gasteiger partial charge is 0.332 e. The molecule has 0 aliphatic heterocycles. The predicted octanol–water partition coefficient (Wildman–Crippen LogP) is 3.96. The third kappa shape index (κ3) is 3.78. The summed E-state index contributed by atoms with van der Waals surface area (Å²) in [4.78, 5) is 4.19. The van der Waals surface area contributed by atoms with E-state index >= 15 is 0 Å². The van der Waals surface area contributed by atoms with Gasteiger partial charge in [0.2, 0.25) is 0 Å². The van der Waals surface area contributed by atoms with Crippen LogP contribution < -0.4 is 10.6 Å². The number of nitrogens with zero attached hydrogens (tertiary/aromatic N) is 1. The molecule has 0 amide bonds. The van der Waals surface area contributed by atoms with Crippen molar-refractivity contribution in [2.24, 2.45) is 0 Å². The zero-order valence-electron chi connectivity index (χ0n) is 9.77. The number of nitrogens with one attached hydrogen (secondary N) is 2. The Hall–Kier alpha value is -1.46. The van der Waals surface area contributed by atoms with Gasteiger partial charge in [0.05, 0.1) is 0 Å². The van der Waals surface area contributed by atoms with Crippen LogP contribution in [0.25, 0.3) is 0 Å². The molecule has 0 aliphatic carbocycles. The molecule has 1 aromatic heterocycles. The van der Waals surface area contributed by atoms with Crippen molar-refractivity contribution in [3.05, 3.63) is 52.6 Å². The Bertz CT molecular complexity index is 554. The van der Waals surface area contributed by atoms with E-state index in [1.165, 1.54) is 0 Å². The lowest BCUT2D eigenvalue weighted by Crippen LogP contribution is -2.19. The zero-order valence-corrected chi connectivity index (χ0v) is 12.2. The lowest BCUT2D eigenvalue weighted by Gasteiger charge is -2.10. The summed E-state index contributed by atoms with van der Waals surface area (Å²) in [5.41, 5.74) is 2.07. The molecular weight excluding hydrogens is 310 g/mol. The third-order valence-corrected chi connectivity index (χ3v) is 2.99. The van der Waals surface area contributed by atoms with Gasteiger partial charge in [0.1, 0.15) is 5.82 Å². The van der Waals surface area contributed by atoms with Crippen molar-refractivity contribution in [2.45, 2.75) is 6.92 Å². The van der Waals surface area contributed by atoms with Crippen LogP contribution in [0.1, 0.15) is 5.56 Å². The molecule has 3 nitrogen and oxygen atoms in total. The number of aromatic nitrogens is 1. The van der Waals surface area contributed by atoms with Gasteiger partial charge in [-0.05, 0) is 61.1 Å². The Morgan fingerprint density at radius 1 is 1.17 bits per heavy atom. The van der Waals surface area contributed by atoms with Crippen LogP contribution in [-0.4, -0.2) is 10.1 Å². The van der Waals surface area contributed by atoms with Crippen LogP contribution in [-0.2, 0) is 0 Å². The van der Waals surface area contributed by atoms with Gasteiger partial charge in [-0.25, -0.2) is 4.98 Å². The van der Waals surface area contributed by atoms with E-state index in [2.05, 4.69) is 31.5 Å². The van der Waals surface area contributed by atoms with Crippen molar-refractivity contribution in [1.82, 2.24) is 4.98 Å². The second kappa shape index (κ2) is 5.93. The minimum absolute atomic E-state index is 0.524. The SMILES string of the molecule is Cc1ccnc(NC(=S)Nc2ccc(Br)cc2)c1. The van der Waals surface area contributed by atoms with Gasteiger partial charge in [0.15, 0.2) is 5.11 Å². The van der Waals surface area contributed by atoms with Crippen molar-refractivity contribution in [1.29, 1.82) is 0 Å². The molecule has 0 saturated carbocycles. The van der Waals surface area contributed by atoms with Gasteiger partial charge >= 0.3 is 0 Å². The normalized spacial score (nSPS) is 9.89. The lowest BCUT2D eigenvalue weighted by molar-refractivity contribution is 1.28. The molecule has 5 heteroatoms. The summed E-state index contributed by atoms with van der Waals surface area (Å²) >= 11 is 8.61. The maximum Gasteiger partial charge on any atom is 0.176 e. The number of hydrogen-bond acceptors (Lipinski definition) is 2. The zero-order chi connectivity index (χ0) is 13.0. The van der Waals surface area contributed by atoms with E-state index in [1.807, 2.05) is 43.3 Å². The average Bonchev–Trinajstić information content (AvgIpc) is 2.32. The van der Waals surface area contributed by atoms with Crippen molar-refractivity contribution < 1.29 is 0 Å². The number of rotatable bonds is 2. The molecule has 0 atom stereocenters. The first-order chi connectivity index (χ1) is 8.63. The molecule has 18 heavy (non-hydrogen) atoms. The molecule has 0 spiro atoms. The Balaban J connectivity index is 1.98. The Morgan fingerprint density at radius 2 is 1.89 bits per heavy atom. The van der Waals surface area contributed by atoms with E-state index in [9.17, 15) is 0 Å². The van der Waals surface area contributed by atoms with Gasteiger partial charge in [-0.2, -0.15) is 0 Å². The van der Waals surface area contributed by atoms with E-state index in [4.69, 9.17) is 12.2 Å². The van der Waals surface area contributed by atoms with Gasteiger partial charge in [-0.3, -0.25) is 0 Å². The number of benzene rings is 1. The molecule has 2 rings (SSSR count). The topological polar surface area (TPSA) is 37.0 Å². The number of hydrogen-bond donors (Lipinski definition) is 2. The van der Waals surface area contributed by atoms with Crippen molar-refractivity contribution >= 4 is 44.8 Å². The van der Waals surface area contributed by atoms with E-state index in [-0.39, 0.29) is 0 Å². The Kier molecular flexibility index (Phi) is 4.28. The fraction of sp³-hybridized carbons (Fsp3) is 0.0769. The standard InChI is InChI=1S/C13H12BrN3S/c1-9-6-7-15-12(8-9)17-13(18)16-11-4-2-10(14)3-5-11/h2-8H,1H3,(H2,15,16,17,18). The molecule has 0 saturated heterocycles. The molecule has 92 valence electrons. The van der Waals surface area contributed by atoms with E-state index in [1.54, 1.807) is 6.20 Å². The molecule has 1 aromatic carbocycles. The molecule has 1 heterocycles. The minimum Gasteiger partial charge on any atom is -0.332 e. The van der Waals surface area contributed by atoms with Crippen molar-refractivity contribution in [2.75, 3.05) is 10.6 Å². The predicted molar refractivity (Wildman–Crippen MR) is 83.0 cm³/mol. The number of halogens is 1. The first-order valence-electron chi connectivity index (χ1n) is 5.40. The second-order valence-corrected chi connectivity index (χ2v) is 5.13. The van der Waals surface area contributed by atoms with E-state index in [0.29, 0.717) is 5.11 Å². The summed E-state index contributed by atoms with van der Waals surface area (Å²) in [6, 6.07) is 11.7. The summed E-state index contributed by atoms with van der Waals surface area (Å²) in [7, 11) is 0. The highest BCUT2D eigenvalue weighted by molar-refractivity contribution is 9.10. The minimum atomic E-state index is 0.524. The fourth-order valence-electron chi connectivity index (χ4n) is 1.42. The van der Waals surface area contributed by atoms with Crippen LogP contribution in [0.4, 0.5) is 11.5 Å². The number of aryl methyl sites for hydroxylation is 1. The second-order valence-electron chi connectivity index (χ2n) is 3.80. The van der Waals surface area contributed by atoms with Gasteiger partial charge in [0, 0.05) is 16.4 Å². The average molecular weight is 322 g/mol. The number of thiocarbonyl (C=S) groups is 1. The molecular formula is C13H12BrN3S. The summed E-state index contributed by atoms with van der Waals surface area (Å²) in [6.07, 6.45) is 1.75. The first kappa shape index (κ1) is 13.0. The van der Waals surface area contributed by atoms with Crippen LogP contribution in [0.2, 0.25) is 0 Å². The maximum atomic E-state index is 5.22. The molecule has 0 fully saturated rings. The van der Waals surface area contributed by atoms with E-state index < -0.39 is 0 Å². The first-order valence-corrected chi connectivity index (χ1v) is 6.60. The summed E-state index contributed by atoms with van der Waals surface area (Å²) in [5.74, 6) is 0.740. The highest BCUT2D eigenvalue weighted by Crippen LogP contribution is 2.14. The fourth-order valence-corrected chi connectivity index (χ4v) is 1.90. The van der Waals surface area contributed by atoms with Crippen LogP contribution >= 0.6 is 28.1 Å². The smallest absolute Gasteiger partial charge is 0.176 e. The van der Waals surface area contributed by atoms with Gasteiger partial charge < -0.3 is 10.6 Å². The molecule has 2 aromatic rings. The molecule has 0 bridgehead atoms. The summed E-state index contributed by atoms with van der Waals surface area (Å²) < 4.78 is 1.03. The van der Waals surface area contributed by atoms with Crippen LogP contribution in [0, 0.1) is 6.92 Å².